The Bertz CT molecular complexity index is 976. The van der Waals surface area contributed by atoms with Crippen LogP contribution in [0.4, 0.5) is 0 Å². The highest BCUT2D eigenvalue weighted by Gasteiger charge is 2.20. The molecule has 23 heavy (non-hydrogen) atoms. The SMILES string of the molecule is Cc1cccc(-n2c(CBr)c(C(N)=O)c3ccccc3c2=O)c1. The van der Waals surface area contributed by atoms with Gasteiger partial charge in [-0.3, -0.25) is 14.2 Å². The number of alkyl halides is 1. The van der Waals surface area contributed by atoms with Gasteiger partial charge in [-0.25, -0.2) is 0 Å². The minimum Gasteiger partial charge on any atom is -0.366 e. The minimum atomic E-state index is -0.544. The molecule has 0 spiro atoms. The largest absolute Gasteiger partial charge is 0.366 e. The third-order valence-electron chi connectivity index (χ3n) is 3.82. The molecule has 1 heterocycles. The number of hydrogen-bond acceptors (Lipinski definition) is 2. The molecular formula is C18H15BrN2O2. The predicted molar refractivity (Wildman–Crippen MR) is 95.4 cm³/mol. The lowest BCUT2D eigenvalue weighted by Gasteiger charge is -2.17. The van der Waals surface area contributed by atoms with E-state index in [1.54, 1.807) is 28.8 Å². The standard InChI is InChI=1S/C18H15BrN2O2/c1-11-5-4-6-12(9-11)21-15(10-19)16(17(20)22)13-7-2-3-8-14(13)18(21)23/h2-9H,10H2,1H3,(H2,20,22). The first-order chi connectivity index (χ1) is 11.0. The number of benzene rings is 2. The molecule has 2 N–H and O–H groups in total. The van der Waals surface area contributed by atoms with Gasteiger partial charge in [0.25, 0.3) is 11.5 Å². The molecule has 1 aromatic heterocycles. The Morgan fingerprint density at radius 1 is 1.13 bits per heavy atom. The van der Waals surface area contributed by atoms with Crippen LogP contribution in [0.15, 0.2) is 53.3 Å². The van der Waals surface area contributed by atoms with Crippen LogP contribution in [0.2, 0.25) is 0 Å². The molecule has 3 aromatic rings. The number of primary amides is 1. The van der Waals surface area contributed by atoms with Crippen molar-refractivity contribution in [2.24, 2.45) is 5.73 Å². The van der Waals surface area contributed by atoms with E-state index in [-0.39, 0.29) is 5.56 Å². The van der Waals surface area contributed by atoms with E-state index in [1.807, 2.05) is 31.2 Å². The number of pyridine rings is 1. The second-order valence-electron chi connectivity index (χ2n) is 5.34. The zero-order valence-corrected chi connectivity index (χ0v) is 14.1. The van der Waals surface area contributed by atoms with Crippen molar-refractivity contribution in [3.63, 3.8) is 0 Å². The van der Waals surface area contributed by atoms with Crippen molar-refractivity contribution in [1.82, 2.24) is 4.57 Å². The van der Waals surface area contributed by atoms with Crippen LogP contribution in [-0.4, -0.2) is 10.5 Å². The summed E-state index contributed by atoms with van der Waals surface area (Å²) in [5.74, 6) is -0.544. The average molecular weight is 371 g/mol. The highest BCUT2D eigenvalue weighted by atomic mass is 79.9. The molecule has 0 radical (unpaired) electrons. The van der Waals surface area contributed by atoms with E-state index in [4.69, 9.17) is 5.73 Å². The van der Waals surface area contributed by atoms with Gasteiger partial charge in [0.1, 0.15) is 0 Å². The second kappa shape index (κ2) is 6.01. The minimum absolute atomic E-state index is 0.161. The van der Waals surface area contributed by atoms with E-state index in [1.165, 1.54) is 0 Å². The summed E-state index contributed by atoms with van der Waals surface area (Å²) in [6.45, 7) is 1.96. The van der Waals surface area contributed by atoms with Gasteiger partial charge in [-0.05, 0) is 30.7 Å². The van der Waals surface area contributed by atoms with Crippen LogP contribution in [-0.2, 0) is 5.33 Å². The molecule has 0 saturated heterocycles. The Kier molecular flexibility index (Phi) is 4.05. The fraction of sp³-hybridized carbons (Fsp3) is 0.111. The Hall–Kier alpha value is -2.40. The second-order valence-corrected chi connectivity index (χ2v) is 5.91. The molecule has 0 fully saturated rings. The summed E-state index contributed by atoms with van der Waals surface area (Å²) in [5.41, 5.74) is 8.13. The van der Waals surface area contributed by atoms with Gasteiger partial charge in [-0.2, -0.15) is 0 Å². The third-order valence-corrected chi connectivity index (χ3v) is 4.35. The lowest BCUT2D eigenvalue weighted by molar-refractivity contribution is 0.100. The molecule has 0 aliphatic rings. The van der Waals surface area contributed by atoms with Gasteiger partial charge < -0.3 is 5.73 Å². The van der Waals surface area contributed by atoms with Crippen molar-refractivity contribution < 1.29 is 4.79 Å². The first kappa shape index (κ1) is 15.5. The zero-order valence-electron chi connectivity index (χ0n) is 12.5. The average Bonchev–Trinajstić information content (AvgIpc) is 2.54. The van der Waals surface area contributed by atoms with Crippen molar-refractivity contribution >= 4 is 32.6 Å². The summed E-state index contributed by atoms with van der Waals surface area (Å²) in [4.78, 5) is 25.0. The Balaban J connectivity index is 2.54. The highest BCUT2D eigenvalue weighted by Crippen LogP contribution is 2.24. The normalized spacial score (nSPS) is 10.9. The summed E-state index contributed by atoms with van der Waals surface area (Å²) in [6, 6.07) is 14.6. The van der Waals surface area contributed by atoms with Crippen molar-refractivity contribution in [3.8, 4) is 5.69 Å². The number of hydrogen-bond donors (Lipinski definition) is 1. The quantitative estimate of drug-likeness (QED) is 0.718. The third kappa shape index (κ3) is 2.57. The van der Waals surface area contributed by atoms with Crippen LogP contribution in [0.5, 0.6) is 0 Å². The number of aryl methyl sites for hydroxylation is 1. The van der Waals surface area contributed by atoms with Gasteiger partial charge in [0.15, 0.2) is 0 Å². The van der Waals surface area contributed by atoms with Crippen LogP contribution in [0.3, 0.4) is 0 Å². The Labute approximate surface area is 141 Å². The first-order valence-electron chi connectivity index (χ1n) is 7.14. The van der Waals surface area contributed by atoms with E-state index in [2.05, 4.69) is 15.9 Å². The van der Waals surface area contributed by atoms with Crippen LogP contribution >= 0.6 is 15.9 Å². The number of halogens is 1. The van der Waals surface area contributed by atoms with Crippen molar-refractivity contribution in [1.29, 1.82) is 0 Å². The van der Waals surface area contributed by atoms with Gasteiger partial charge in [-0.1, -0.05) is 46.3 Å². The summed E-state index contributed by atoms with van der Waals surface area (Å²) in [7, 11) is 0. The predicted octanol–water partition coefficient (Wildman–Crippen LogP) is 3.29. The maximum absolute atomic E-state index is 13.0. The lowest BCUT2D eigenvalue weighted by atomic mass is 10.0. The topological polar surface area (TPSA) is 65.1 Å². The monoisotopic (exact) mass is 370 g/mol. The summed E-state index contributed by atoms with van der Waals surface area (Å²) < 4.78 is 1.56. The maximum Gasteiger partial charge on any atom is 0.263 e. The highest BCUT2D eigenvalue weighted by molar-refractivity contribution is 9.08. The molecule has 116 valence electrons. The molecular weight excluding hydrogens is 356 g/mol. The van der Waals surface area contributed by atoms with Gasteiger partial charge in [0, 0.05) is 21.8 Å². The number of aromatic nitrogens is 1. The number of carbonyl (C=O) groups excluding carboxylic acids is 1. The van der Waals surface area contributed by atoms with Crippen LogP contribution < -0.4 is 11.3 Å². The number of fused-ring (bicyclic) bond motifs is 1. The van der Waals surface area contributed by atoms with Crippen molar-refractivity contribution in [2.45, 2.75) is 12.3 Å². The summed E-state index contributed by atoms with van der Waals surface area (Å²) in [6.07, 6.45) is 0. The van der Waals surface area contributed by atoms with E-state index >= 15 is 0 Å². The van der Waals surface area contributed by atoms with Crippen LogP contribution in [0.1, 0.15) is 21.6 Å². The summed E-state index contributed by atoms with van der Waals surface area (Å²) in [5, 5.41) is 1.41. The maximum atomic E-state index is 13.0. The van der Waals surface area contributed by atoms with Gasteiger partial charge in [0.2, 0.25) is 0 Å². The molecule has 0 atom stereocenters. The Morgan fingerprint density at radius 3 is 2.43 bits per heavy atom. The molecule has 0 aliphatic carbocycles. The zero-order chi connectivity index (χ0) is 16.6. The number of nitrogens with two attached hydrogens (primary N) is 1. The molecule has 3 rings (SSSR count). The van der Waals surface area contributed by atoms with Gasteiger partial charge in [0.05, 0.1) is 11.3 Å². The van der Waals surface area contributed by atoms with E-state index in [9.17, 15) is 9.59 Å². The number of nitrogens with zero attached hydrogens (tertiary/aromatic N) is 1. The lowest BCUT2D eigenvalue weighted by Crippen LogP contribution is -2.27. The molecule has 5 heteroatoms. The number of rotatable bonds is 3. The number of carbonyl (C=O) groups is 1. The molecule has 0 aliphatic heterocycles. The molecule has 1 amide bonds. The fourth-order valence-corrected chi connectivity index (χ4v) is 3.37. The molecule has 0 saturated carbocycles. The summed E-state index contributed by atoms with van der Waals surface area (Å²) >= 11 is 3.40. The van der Waals surface area contributed by atoms with Crippen LogP contribution in [0, 0.1) is 6.92 Å². The molecule has 0 unspecified atom stereocenters. The van der Waals surface area contributed by atoms with E-state index < -0.39 is 5.91 Å². The van der Waals surface area contributed by atoms with Gasteiger partial charge in [-0.15, -0.1) is 0 Å². The smallest absolute Gasteiger partial charge is 0.263 e. The van der Waals surface area contributed by atoms with Crippen molar-refractivity contribution in [3.05, 3.63) is 75.7 Å². The van der Waals surface area contributed by atoms with Crippen LogP contribution in [0.25, 0.3) is 16.5 Å². The molecule has 0 bridgehead atoms. The van der Waals surface area contributed by atoms with Gasteiger partial charge >= 0.3 is 0 Å². The van der Waals surface area contributed by atoms with E-state index in [0.29, 0.717) is 27.4 Å². The molecule has 2 aromatic carbocycles. The van der Waals surface area contributed by atoms with E-state index in [0.717, 1.165) is 11.3 Å². The molecule has 4 nitrogen and oxygen atoms in total. The van der Waals surface area contributed by atoms with Crippen molar-refractivity contribution in [2.75, 3.05) is 0 Å². The first-order valence-corrected chi connectivity index (χ1v) is 8.26. The number of amides is 1. The Morgan fingerprint density at radius 2 is 1.83 bits per heavy atom. The fourth-order valence-electron chi connectivity index (χ4n) is 2.84.